The van der Waals surface area contributed by atoms with Gasteiger partial charge in [-0.3, -0.25) is 9.78 Å². The summed E-state index contributed by atoms with van der Waals surface area (Å²) in [6.45, 7) is 3.31. The molecule has 0 atom stereocenters. The molecule has 0 unspecified atom stereocenters. The molecule has 104 valence electrons. The smallest absolute Gasteiger partial charge is 0.269 e. The maximum absolute atomic E-state index is 11.7. The number of pyridine rings is 1. The summed E-state index contributed by atoms with van der Waals surface area (Å²) in [6.07, 6.45) is 2.59. The number of hydrogen-bond acceptors (Lipinski definition) is 3. The molecule has 1 heterocycles. The monoisotopic (exact) mass is 269 g/mol. The van der Waals surface area contributed by atoms with E-state index in [2.05, 4.69) is 27.8 Å². The van der Waals surface area contributed by atoms with E-state index in [1.54, 1.807) is 12.3 Å². The van der Waals surface area contributed by atoms with Crippen LogP contribution < -0.4 is 10.6 Å². The minimum Gasteiger partial charge on any atom is -0.385 e. The largest absolute Gasteiger partial charge is 0.385 e. The van der Waals surface area contributed by atoms with Crippen LogP contribution in [0.25, 0.3) is 0 Å². The van der Waals surface area contributed by atoms with Gasteiger partial charge in [-0.1, -0.05) is 30.3 Å². The number of anilines is 1. The Morgan fingerprint density at radius 3 is 2.75 bits per heavy atom. The van der Waals surface area contributed by atoms with Gasteiger partial charge in [-0.2, -0.15) is 0 Å². The van der Waals surface area contributed by atoms with Gasteiger partial charge in [-0.05, 0) is 31.0 Å². The first-order valence-corrected chi connectivity index (χ1v) is 6.81. The van der Waals surface area contributed by atoms with E-state index in [1.807, 2.05) is 31.2 Å². The van der Waals surface area contributed by atoms with Crippen LogP contribution >= 0.6 is 0 Å². The number of carbonyl (C=O) groups excluding carboxylic acids is 1. The first kappa shape index (κ1) is 14.1. The van der Waals surface area contributed by atoms with Crippen molar-refractivity contribution in [3.63, 3.8) is 0 Å². The zero-order valence-corrected chi connectivity index (χ0v) is 11.6. The van der Waals surface area contributed by atoms with E-state index < -0.39 is 0 Å². The number of benzene rings is 1. The number of carbonyl (C=O) groups is 1. The SMILES string of the molecule is CCNC(=O)c1cc(NCCc2ccccc2)ccn1. The van der Waals surface area contributed by atoms with Gasteiger partial charge < -0.3 is 10.6 Å². The molecule has 4 nitrogen and oxygen atoms in total. The van der Waals surface area contributed by atoms with E-state index in [9.17, 15) is 4.79 Å². The molecule has 0 aliphatic rings. The fourth-order valence-electron chi connectivity index (χ4n) is 1.91. The van der Waals surface area contributed by atoms with E-state index in [0.717, 1.165) is 18.7 Å². The molecule has 1 aromatic heterocycles. The molecule has 2 aromatic rings. The van der Waals surface area contributed by atoms with Crippen LogP contribution in [0.3, 0.4) is 0 Å². The summed E-state index contributed by atoms with van der Waals surface area (Å²) in [5.74, 6) is -0.140. The highest BCUT2D eigenvalue weighted by Gasteiger charge is 2.05. The third kappa shape index (κ3) is 4.09. The predicted octanol–water partition coefficient (Wildman–Crippen LogP) is 2.49. The lowest BCUT2D eigenvalue weighted by Gasteiger charge is -2.08. The molecule has 1 aromatic carbocycles. The summed E-state index contributed by atoms with van der Waals surface area (Å²) in [6, 6.07) is 13.9. The Kier molecular flexibility index (Phi) is 5.12. The van der Waals surface area contributed by atoms with E-state index in [4.69, 9.17) is 0 Å². The van der Waals surface area contributed by atoms with Crippen LogP contribution in [-0.4, -0.2) is 24.0 Å². The predicted molar refractivity (Wildman–Crippen MR) is 80.9 cm³/mol. The molecule has 0 aliphatic heterocycles. The van der Waals surface area contributed by atoms with Gasteiger partial charge in [0.2, 0.25) is 0 Å². The fraction of sp³-hybridized carbons (Fsp3) is 0.250. The van der Waals surface area contributed by atoms with Crippen LogP contribution in [0.2, 0.25) is 0 Å². The molecule has 20 heavy (non-hydrogen) atoms. The minimum atomic E-state index is -0.140. The molecule has 2 N–H and O–H groups in total. The van der Waals surface area contributed by atoms with Crippen molar-refractivity contribution in [3.8, 4) is 0 Å². The average molecular weight is 269 g/mol. The van der Waals surface area contributed by atoms with E-state index in [1.165, 1.54) is 5.56 Å². The van der Waals surface area contributed by atoms with Gasteiger partial charge in [0.05, 0.1) is 0 Å². The molecule has 0 aliphatic carbocycles. The highest BCUT2D eigenvalue weighted by molar-refractivity contribution is 5.93. The van der Waals surface area contributed by atoms with E-state index in [-0.39, 0.29) is 5.91 Å². The Hall–Kier alpha value is -2.36. The third-order valence-electron chi connectivity index (χ3n) is 2.92. The molecule has 0 fully saturated rings. The molecule has 0 radical (unpaired) electrons. The van der Waals surface area contributed by atoms with Crippen LogP contribution in [0.1, 0.15) is 23.0 Å². The lowest BCUT2D eigenvalue weighted by Crippen LogP contribution is -2.23. The van der Waals surface area contributed by atoms with E-state index in [0.29, 0.717) is 12.2 Å². The molecule has 0 saturated heterocycles. The van der Waals surface area contributed by atoms with Gasteiger partial charge in [0, 0.05) is 25.0 Å². The normalized spacial score (nSPS) is 10.1. The summed E-state index contributed by atoms with van der Waals surface area (Å²) in [7, 11) is 0. The van der Waals surface area contributed by atoms with E-state index >= 15 is 0 Å². The Balaban J connectivity index is 1.90. The molecule has 0 spiro atoms. The number of amides is 1. The number of aromatic nitrogens is 1. The highest BCUT2D eigenvalue weighted by Crippen LogP contribution is 2.08. The third-order valence-corrected chi connectivity index (χ3v) is 2.92. The van der Waals surface area contributed by atoms with Crippen LogP contribution in [0, 0.1) is 0 Å². The van der Waals surface area contributed by atoms with Crippen LogP contribution in [0.15, 0.2) is 48.7 Å². The Morgan fingerprint density at radius 1 is 1.20 bits per heavy atom. The summed E-state index contributed by atoms with van der Waals surface area (Å²) in [5, 5.41) is 6.05. The number of nitrogens with zero attached hydrogens (tertiary/aromatic N) is 1. The second-order valence-electron chi connectivity index (χ2n) is 4.45. The van der Waals surface area contributed by atoms with Crippen molar-refractivity contribution in [2.45, 2.75) is 13.3 Å². The molecule has 2 rings (SSSR count). The molecule has 1 amide bonds. The van der Waals surface area contributed by atoms with Crippen molar-refractivity contribution < 1.29 is 4.79 Å². The lowest BCUT2D eigenvalue weighted by atomic mass is 10.1. The maximum Gasteiger partial charge on any atom is 0.269 e. The zero-order chi connectivity index (χ0) is 14.2. The van der Waals surface area contributed by atoms with Crippen molar-refractivity contribution in [1.82, 2.24) is 10.3 Å². The number of nitrogens with one attached hydrogen (secondary N) is 2. The summed E-state index contributed by atoms with van der Waals surface area (Å²) in [4.78, 5) is 15.8. The summed E-state index contributed by atoms with van der Waals surface area (Å²) in [5.41, 5.74) is 2.65. The number of hydrogen-bond donors (Lipinski definition) is 2. The molecule has 0 bridgehead atoms. The standard InChI is InChI=1S/C16H19N3O/c1-2-17-16(20)15-12-14(9-11-19-15)18-10-8-13-6-4-3-5-7-13/h3-7,9,11-12H,2,8,10H2,1H3,(H,17,20)(H,18,19). The van der Waals surface area contributed by atoms with Crippen LogP contribution in [0.5, 0.6) is 0 Å². The van der Waals surface area contributed by atoms with Crippen LogP contribution in [-0.2, 0) is 6.42 Å². The van der Waals surface area contributed by atoms with Gasteiger partial charge in [0.1, 0.15) is 5.69 Å². The molecular weight excluding hydrogens is 250 g/mol. The Bertz CT molecular complexity index is 555. The Labute approximate surface area is 119 Å². The van der Waals surface area contributed by atoms with Gasteiger partial charge in [-0.15, -0.1) is 0 Å². The van der Waals surface area contributed by atoms with Crippen LogP contribution in [0.4, 0.5) is 5.69 Å². The summed E-state index contributed by atoms with van der Waals surface area (Å²) < 4.78 is 0. The minimum absolute atomic E-state index is 0.140. The van der Waals surface area contributed by atoms with Crippen molar-refractivity contribution in [2.75, 3.05) is 18.4 Å². The Morgan fingerprint density at radius 2 is 2.00 bits per heavy atom. The molecule has 4 heteroatoms. The first-order chi connectivity index (χ1) is 9.79. The molecular formula is C16H19N3O. The van der Waals surface area contributed by atoms with Gasteiger partial charge in [0.15, 0.2) is 0 Å². The fourth-order valence-corrected chi connectivity index (χ4v) is 1.91. The second kappa shape index (κ2) is 7.28. The first-order valence-electron chi connectivity index (χ1n) is 6.81. The highest BCUT2D eigenvalue weighted by atomic mass is 16.1. The maximum atomic E-state index is 11.7. The topological polar surface area (TPSA) is 54.0 Å². The lowest BCUT2D eigenvalue weighted by molar-refractivity contribution is 0.0951. The molecule has 0 saturated carbocycles. The van der Waals surface area contributed by atoms with Gasteiger partial charge in [0.25, 0.3) is 5.91 Å². The van der Waals surface area contributed by atoms with Crippen molar-refractivity contribution >= 4 is 11.6 Å². The van der Waals surface area contributed by atoms with Crippen molar-refractivity contribution in [2.24, 2.45) is 0 Å². The zero-order valence-electron chi connectivity index (χ0n) is 11.6. The van der Waals surface area contributed by atoms with Gasteiger partial charge in [-0.25, -0.2) is 0 Å². The number of rotatable bonds is 6. The summed E-state index contributed by atoms with van der Waals surface area (Å²) >= 11 is 0. The van der Waals surface area contributed by atoms with Crippen molar-refractivity contribution in [3.05, 3.63) is 59.9 Å². The quantitative estimate of drug-likeness (QED) is 0.847. The van der Waals surface area contributed by atoms with Gasteiger partial charge >= 0.3 is 0 Å². The average Bonchev–Trinajstić information content (AvgIpc) is 2.49. The van der Waals surface area contributed by atoms with Crippen molar-refractivity contribution in [1.29, 1.82) is 0 Å². The second-order valence-corrected chi connectivity index (χ2v) is 4.45.